The van der Waals surface area contributed by atoms with Crippen LogP contribution in [0.1, 0.15) is 144 Å². The van der Waals surface area contributed by atoms with Crippen molar-refractivity contribution in [2.24, 2.45) is 56.4 Å². The Balaban J connectivity index is 1.99. The van der Waals surface area contributed by atoms with Crippen LogP contribution in [0.3, 0.4) is 0 Å². The lowest BCUT2D eigenvalue weighted by Crippen LogP contribution is -2.62. The van der Waals surface area contributed by atoms with E-state index in [4.69, 9.17) is 33.4 Å². The summed E-state index contributed by atoms with van der Waals surface area (Å²) in [5.41, 5.74) is 29.4. The number of amides is 13. The number of nitrogens with one attached hydrogen (secondary N) is 12. The van der Waals surface area contributed by atoms with Gasteiger partial charge in [0.2, 0.25) is 76.8 Å². The highest BCUT2D eigenvalue weighted by atomic mass is 16.5. The van der Waals surface area contributed by atoms with Crippen LogP contribution in [0.25, 0.3) is 10.9 Å². The van der Waals surface area contributed by atoms with Gasteiger partial charge in [0.05, 0.1) is 31.8 Å². The number of rotatable bonds is 29. The number of ether oxygens (including phenoxy) is 1. The Morgan fingerprint density at radius 1 is 0.583 bits per heavy atom. The van der Waals surface area contributed by atoms with Crippen LogP contribution in [0.5, 0.6) is 0 Å². The topological polar surface area (TPSA) is 652 Å². The molecule has 26 N–H and O–H groups in total. The molecule has 4 rings (SSSR count). The summed E-state index contributed by atoms with van der Waals surface area (Å²) in [7, 11) is 1.22. The van der Waals surface area contributed by atoms with Gasteiger partial charge < -0.3 is 122 Å². The highest BCUT2D eigenvalue weighted by Crippen LogP contribution is 2.22. The molecule has 1 aliphatic rings. The molecule has 1 fully saturated rings. The second kappa shape index (κ2) is 47.8. The Morgan fingerprint density at radius 2 is 1.08 bits per heavy atom. The third-order valence-corrected chi connectivity index (χ3v) is 18.8. The third-order valence-electron chi connectivity index (χ3n) is 18.8. The molecule has 1 aliphatic heterocycles. The molecular weight excluding hydrogens is 1500 g/mol. The summed E-state index contributed by atoms with van der Waals surface area (Å²) < 4.78 is 5.76. The molecule has 40 heteroatoms. The molecule has 0 spiro atoms. The molecule has 0 aliphatic carbocycles. The Morgan fingerprint density at radius 3 is 1.60 bits per heavy atom. The minimum Gasteiger partial charge on any atom is -0.481 e. The molecule has 0 radical (unpaired) electrons. The number of likely N-dealkylation sites (N-methyl/N-ethyl adjacent to an activating group) is 1. The number of aliphatic hydroxyl groups is 3. The van der Waals surface area contributed by atoms with E-state index in [-0.39, 0.29) is 94.6 Å². The number of carbonyl (C=O) groups excluding carboxylic acids is 14. The fourth-order valence-corrected chi connectivity index (χ4v) is 12.4. The molecule has 3 aromatic rings. The van der Waals surface area contributed by atoms with Crippen LogP contribution in [0.4, 0.5) is 0 Å². The number of guanidine groups is 2. The van der Waals surface area contributed by atoms with E-state index < -0.39 is 225 Å². The number of hydrogen-bond donors (Lipinski definition) is 21. The van der Waals surface area contributed by atoms with Gasteiger partial charge in [-0.2, -0.15) is 0 Å². The van der Waals surface area contributed by atoms with E-state index in [1.54, 1.807) is 95.4 Å². The summed E-state index contributed by atoms with van der Waals surface area (Å²) >= 11 is 0. The van der Waals surface area contributed by atoms with E-state index in [0.717, 1.165) is 18.7 Å². The van der Waals surface area contributed by atoms with E-state index in [1.165, 1.54) is 14.0 Å². The molecule has 1 aromatic heterocycles. The van der Waals surface area contributed by atoms with Gasteiger partial charge in [-0.05, 0) is 100 Å². The van der Waals surface area contributed by atoms with Gasteiger partial charge in [-0.25, -0.2) is 4.79 Å². The zero-order valence-corrected chi connectivity index (χ0v) is 66.4. The maximum atomic E-state index is 15.1. The number of esters is 1. The van der Waals surface area contributed by atoms with Crippen LogP contribution in [-0.4, -0.2) is 249 Å². The fourth-order valence-electron chi connectivity index (χ4n) is 12.4. The molecule has 115 heavy (non-hydrogen) atoms. The van der Waals surface area contributed by atoms with Crippen LogP contribution < -0.4 is 87.2 Å². The van der Waals surface area contributed by atoms with Crippen LogP contribution in [0, 0.1) is 17.8 Å². The van der Waals surface area contributed by atoms with Crippen LogP contribution in [0.2, 0.25) is 0 Å². The van der Waals surface area contributed by atoms with Gasteiger partial charge in [0.25, 0.3) is 0 Å². The van der Waals surface area contributed by atoms with Crippen LogP contribution in [-0.2, 0) is 89.5 Å². The maximum Gasteiger partial charge on any atom is 0.331 e. The minimum atomic E-state index is -2.04. The minimum absolute atomic E-state index is 0.0331. The molecule has 0 saturated carbocycles. The summed E-state index contributed by atoms with van der Waals surface area (Å²) in [6, 6.07) is -4.18. The Hall–Kier alpha value is -11.5. The van der Waals surface area contributed by atoms with Gasteiger partial charge in [0.1, 0.15) is 66.5 Å². The second-order valence-electron chi connectivity index (χ2n) is 29.3. The number of primary amides is 1. The van der Waals surface area contributed by atoms with Crippen molar-refractivity contribution in [3.05, 3.63) is 71.9 Å². The molecule has 636 valence electrons. The van der Waals surface area contributed by atoms with Gasteiger partial charge in [0.15, 0.2) is 18.0 Å². The smallest absolute Gasteiger partial charge is 0.331 e. The number of benzene rings is 2. The van der Waals surface area contributed by atoms with E-state index in [2.05, 4.69) is 73.5 Å². The number of nitrogens with zero attached hydrogens (tertiary/aromatic N) is 3. The van der Waals surface area contributed by atoms with Crippen molar-refractivity contribution in [2.45, 2.75) is 230 Å². The number of aliphatic carboxylic acids is 1. The quantitative estimate of drug-likeness (QED) is 0.0134. The number of aromatic nitrogens is 1. The second-order valence-corrected chi connectivity index (χ2v) is 29.3. The van der Waals surface area contributed by atoms with Gasteiger partial charge in [0, 0.05) is 62.9 Å². The number of nitrogens with two attached hydrogens (primary N) is 5. The first-order chi connectivity index (χ1) is 54.2. The molecule has 13 amide bonds. The normalized spacial score (nSPS) is 23.8. The zero-order valence-electron chi connectivity index (χ0n) is 66.4. The SMILES string of the molecule is CC[C@H](C)C1NC(=O)[C@@H](Cc2c[nH]c3ccccc23)NC(=O)C(CCC(N)=O)NC(=O)[C@H](CCC(=O)O)NC(=O)[C@@H](CCCN=C(N)N)NC(=O)[C@H](CC(C)C)NC(=O)[C@@H](Cc2ccccc2)N(C)C(=O)CNC(=O)[C@H](CO)NC(=O)C(CCCN=C(N)N)NC(=O)[C@@H](NC(=O)C[C@@H](O)CC(C)C)[C@@H](C)OC(=O)[C@H]([C@@H](C)O)NC1=O. The average molecular weight is 1620 g/mol. The first kappa shape index (κ1) is 95.8. The number of aliphatic imine (C=N–C) groups is 2. The number of carboxylic acids is 1. The Bertz CT molecular complexity index is 3890. The monoisotopic (exact) mass is 1620 g/mol. The van der Waals surface area contributed by atoms with E-state index >= 15 is 4.79 Å². The summed E-state index contributed by atoms with van der Waals surface area (Å²) in [6.07, 6.45) is -7.77. The van der Waals surface area contributed by atoms with Crippen molar-refractivity contribution < 1.29 is 97.1 Å². The number of hydrogen-bond acceptors (Lipinski definition) is 21. The van der Waals surface area contributed by atoms with Gasteiger partial charge in [-0.15, -0.1) is 0 Å². The molecule has 15 atom stereocenters. The number of carbonyl (C=O) groups is 15. The van der Waals surface area contributed by atoms with Crippen LogP contribution >= 0.6 is 0 Å². The number of carboxylic acid groups (broad SMARTS) is 1. The van der Waals surface area contributed by atoms with Crippen molar-refractivity contribution in [1.29, 1.82) is 0 Å². The zero-order chi connectivity index (χ0) is 85.9. The van der Waals surface area contributed by atoms with E-state index in [0.29, 0.717) is 22.0 Å². The lowest BCUT2D eigenvalue weighted by molar-refractivity contribution is -0.159. The lowest BCUT2D eigenvalue weighted by atomic mass is 9.96. The molecule has 40 nitrogen and oxygen atoms in total. The van der Waals surface area contributed by atoms with Crippen LogP contribution in [0.15, 0.2) is 70.8 Å². The number of aliphatic hydroxyl groups excluding tert-OH is 3. The number of H-pyrrole nitrogens is 1. The largest absolute Gasteiger partial charge is 0.481 e. The van der Waals surface area contributed by atoms with Gasteiger partial charge in [-0.1, -0.05) is 96.5 Å². The van der Waals surface area contributed by atoms with E-state index in [9.17, 15) is 87.5 Å². The molecule has 1 saturated heterocycles. The highest BCUT2D eigenvalue weighted by molar-refractivity contribution is 6.00. The fraction of sp³-hybridized carbons (Fsp3) is 0.587. The lowest BCUT2D eigenvalue weighted by Gasteiger charge is -2.31. The van der Waals surface area contributed by atoms with Gasteiger partial charge >= 0.3 is 11.9 Å². The number of para-hydroxylation sites is 1. The van der Waals surface area contributed by atoms with Crippen molar-refractivity contribution in [3.8, 4) is 0 Å². The van der Waals surface area contributed by atoms with Crippen molar-refractivity contribution in [1.82, 2.24) is 68.4 Å². The van der Waals surface area contributed by atoms with Crippen molar-refractivity contribution in [3.63, 3.8) is 0 Å². The first-order valence-corrected chi connectivity index (χ1v) is 38.2. The molecule has 2 aromatic carbocycles. The third kappa shape index (κ3) is 32.8. The summed E-state index contributed by atoms with van der Waals surface area (Å²) in [4.78, 5) is 227. The van der Waals surface area contributed by atoms with Crippen molar-refractivity contribution in [2.75, 3.05) is 33.3 Å². The number of cyclic esters (lactones) is 1. The standard InChI is InChI=1S/C75H116N20O20/c1-10-40(6)60-71(112)94-61(41(7)97)73(114)115-42(8)62(92-57(100)34-45(98)30-38(2)3)72(113)88-49(23-17-29-82-75(79)80)65(106)91-54(37-96)63(104)84-36-58(101)95(9)55(32-43-18-12-11-13-19-43)70(111)90-52(31-39(4)5)68(109)85-48(22-16-28-81-74(77)78)64(105)87-51(25-27-59(102)103)66(107)86-50(24-26-56(76)99)67(108)89-53(69(110)93-60)33-44-35-83-47-21-15-14-20-46(44)47/h11-15,18-21,35,38-42,45,48-55,60-62,83,96-98H,10,16-17,22-34,36-37H2,1-9H3,(H2,76,99)(H,84,104)(H,85,109)(H,86,107)(H,87,105)(H,88,113)(H,89,108)(H,90,111)(H,91,106)(H,92,100)(H,93,110)(H,94,112)(H,102,103)(H4,77,78,81)(H4,79,80,82)/t40-,41+,42+,45-,48+,49?,50?,51-,52-,53+,54-,55+,60?,61-,62-/m0/s1. The summed E-state index contributed by atoms with van der Waals surface area (Å²) in [5, 5.41) is 70.7. The Kier molecular flexibility index (Phi) is 39.9. The highest BCUT2D eigenvalue weighted by Gasteiger charge is 2.41. The number of aromatic amines is 1. The van der Waals surface area contributed by atoms with E-state index in [1.807, 2.05) is 0 Å². The molecular formula is C75H116N20O20. The Labute approximate surface area is 666 Å². The number of fused-ring (bicyclic) bond motifs is 1. The molecule has 0 bridgehead atoms. The summed E-state index contributed by atoms with van der Waals surface area (Å²) in [6.45, 7) is 10.1. The maximum absolute atomic E-state index is 15.1. The first-order valence-electron chi connectivity index (χ1n) is 38.2. The molecule has 2 heterocycles. The predicted octanol–water partition coefficient (Wildman–Crippen LogP) is -4.81. The van der Waals surface area contributed by atoms with Gasteiger partial charge in [-0.3, -0.25) is 77.1 Å². The van der Waals surface area contributed by atoms with Crippen molar-refractivity contribution >= 4 is 112 Å². The summed E-state index contributed by atoms with van der Waals surface area (Å²) in [5.74, 6) is -18.9. The average Bonchev–Trinajstić information content (AvgIpc) is 1.72. The predicted molar refractivity (Wildman–Crippen MR) is 419 cm³/mol. The molecule has 3 unspecified atom stereocenters.